The third-order valence-electron chi connectivity index (χ3n) is 4.93. The van der Waals surface area contributed by atoms with Gasteiger partial charge in [-0.2, -0.15) is 0 Å². The molecule has 0 unspecified atom stereocenters. The van der Waals surface area contributed by atoms with Crippen LogP contribution in [0.2, 0.25) is 0 Å². The third-order valence-corrected chi connectivity index (χ3v) is 4.93. The number of hydrogen-bond donors (Lipinski definition) is 0. The molecule has 0 aliphatic heterocycles. The van der Waals surface area contributed by atoms with Crippen molar-refractivity contribution in [2.75, 3.05) is 0 Å². The fraction of sp³-hybridized carbons (Fsp3) is 0.522. The molecule has 0 radical (unpaired) electrons. The van der Waals surface area contributed by atoms with E-state index in [1.54, 1.807) is 0 Å². The first-order chi connectivity index (χ1) is 11.8. The van der Waals surface area contributed by atoms with Crippen LogP contribution < -0.4 is 0 Å². The van der Waals surface area contributed by atoms with Crippen molar-refractivity contribution in [1.82, 2.24) is 0 Å². The van der Waals surface area contributed by atoms with E-state index in [2.05, 4.69) is 31.2 Å². The molecule has 1 nitrogen and oxygen atoms in total. The Bertz CT molecular complexity index is 614. The average Bonchev–Trinajstić information content (AvgIpc) is 2.62. The lowest BCUT2D eigenvalue weighted by Crippen LogP contribution is -1.89. The number of benzene rings is 2. The Hall–Kier alpha value is -1.63. The number of fused-ring (bicyclic) bond motifs is 1. The molecule has 0 aromatic heterocycles. The largest absolute Gasteiger partial charge is 0.298 e. The molecule has 0 fully saturated rings. The zero-order chi connectivity index (χ0) is 17.0. The van der Waals surface area contributed by atoms with Crippen molar-refractivity contribution < 1.29 is 4.79 Å². The van der Waals surface area contributed by atoms with Crippen LogP contribution in [0.4, 0.5) is 0 Å². The first kappa shape index (κ1) is 18.7. The van der Waals surface area contributed by atoms with Gasteiger partial charge in [0, 0.05) is 5.56 Å². The zero-order valence-corrected chi connectivity index (χ0v) is 15.2. The third kappa shape index (κ3) is 6.11. The molecule has 0 saturated carbocycles. The Labute approximate surface area is 147 Å². The van der Waals surface area contributed by atoms with Gasteiger partial charge in [0.1, 0.15) is 0 Å². The van der Waals surface area contributed by atoms with Gasteiger partial charge in [0.15, 0.2) is 6.29 Å². The molecule has 0 saturated heterocycles. The smallest absolute Gasteiger partial charge is 0.150 e. The van der Waals surface area contributed by atoms with Crippen molar-refractivity contribution in [1.29, 1.82) is 0 Å². The highest BCUT2D eigenvalue weighted by molar-refractivity contribution is 5.98. The summed E-state index contributed by atoms with van der Waals surface area (Å²) in [4.78, 5) is 11.2. The van der Waals surface area contributed by atoms with E-state index < -0.39 is 0 Å². The van der Waals surface area contributed by atoms with E-state index in [4.69, 9.17) is 0 Å². The Morgan fingerprint density at radius 3 is 2.12 bits per heavy atom. The molecule has 0 spiro atoms. The summed E-state index contributed by atoms with van der Waals surface area (Å²) >= 11 is 0. The van der Waals surface area contributed by atoms with Gasteiger partial charge in [-0.05, 0) is 29.2 Å². The predicted octanol–water partition coefficient (Wildman–Crippen LogP) is 7.12. The Kier molecular flexibility index (Phi) is 8.59. The Morgan fingerprint density at radius 2 is 1.46 bits per heavy atom. The van der Waals surface area contributed by atoms with Gasteiger partial charge in [-0.3, -0.25) is 4.79 Å². The minimum absolute atomic E-state index is 0.803. The fourth-order valence-corrected chi connectivity index (χ4v) is 3.42. The molecule has 2 rings (SSSR count). The van der Waals surface area contributed by atoms with Crippen molar-refractivity contribution in [2.24, 2.45) is 0 Å². The lowest BCUT2D eigenvalue weighted by atomic mass is 9.99. The molecular weight excluding hydrogens is 292 g/mol. The Morgan fingerprint density at radius 1 is 0.792 bits per heavy atom. The first-order valence-corrected chi connectivity index (χ1v) is 9.82. The van der Waals surface area contributed by atoms with Crippen LogP contribution in [0.5, 0.6) is 0 Å². The predicted molar refractivity (Wildman–Crippen MR) is 105 cm³/mol. The summed E-state index contributed by atoms with van der Waals surface area (Å²) in [5.41, 5.74) is 2.16. The highest BCUT2D eigenvalue weighted by Gasteiger charge is 2.02. The second-order valence-electron chi connectivity index (χ2n) is 6.95. The number of unbranched alkanes of at least 4 members (excludes halogenated alkanes) is 9. The second kappa shape index (κ2) is 11.0. The summed E-state index contributed by atoms with van der Waals surface area (Å²) in [6, 6.07) is 12.5. The van der Waals surface area contributed by atoms with Gasteiger partial charge in [0.2, 0.25) is 0 Å². The van der Waals surface area contributed by atoms with Crippen LogP contribution in [-0.4, -0.2) is 6.29 Å². The molecular formula is C23H32O. The molecule has 24 heavy (non-hydrogen) atoms. The van der Waals surface area contributed by atoms with Gasteiger partial charge in [-0.1, -0.05) is 101 Å². The normalized spacial score (nSPS) is 11.0. The zero-order valence-electron chi connectivity index (χ0n) is 15.2. The highest BCUT2D eigenvalue weighted by Crippen LogP contribution is 2.21. The lowest BCUT2D eigenvalue weighted by Gasteiger charge is -2.06. The van der Waals surface area contributed by atoms with Gasteiger partial charge in [0.25, 0.3) is 0 Å². The van der Waals surface area contributed by atoms with Gasteiger partial charge in [0.05, 0.1) is 0 Å². The molecule has 0 atom stereocenters. The van der Waals surface area contributed by atoms with Crippen molar-refractivity contribution in [3.8, 4) is 0 Å². The lowest BCUT2D eigenvalue weighted by molar-refractivity contribution is 0.112. The van der Waals surface area contributed by atoms with Crippen LogP contribution in [-0.2, 0) is 6.42 Å². The summed E-state index contributed by atoms with van der Waals surface area (Å²) in [6.45, 7) is 2.27. The number of carbonyl (C=O) groups is 1. The second-order valence-corrected chi connectivity index (χ2v) is 6.95. The number of aryl methyl sites for hydroxylation is 1. The monoisotopic (exact) mass is 324 g/mol. The van der Waals surface area contributed by atoms with Crippen LogP contribution in [0.15, 0.2) is 36.4 Å². The van der Waals surface area contributed by atoms with E-state index in [-0.39, 0.29) is 0 Å². The van der Waals surface area contributed by atoms with E-state index in [1.807, 2.05) is 12.1 Å². The summed E-state index contributed by atoms with van der Waals surface area (Å²) in [5, 5.41) is 2.25. The molecule has 130 valence electrons. The molecule has 1 heteroatoms. The van der Waals surface area contributed by atoms with Crippen LogP contribution in [0.1, 0.15) is 87.1 Å². The SMILES string of the molecule is CCCCCCCCCCCCc1ccc2cccc(C=O)c2c1. The van der Waals surface area contributed by atoms with Gasteiger partial charge < -0.3 is 0 Å². The maximum Gasteiger partial charge on any atom is 0.150 e. The fourth-order valence-electron chi connectivity index (χ4n) is 3.42. The summed E-state index contributed by atoms with van der Waals surface area (Å²) in [5.74, 6) is 0. The molecule has 2 aromatic rings. The van der Waals surface area contributed by atoms with Crippen molar-refractivity contribution in [2.45, 2.75) is 77.6 Å². The van der Waals surface area contributed by atoms with Crippen LogP contribution >= 0.6 is 0 Å². The van der Waals surface area contributed by atoms with Crippen LogP contribution in [0, 0.1) is 0 Å². The van der Waals surface area contributed by atoms with Crippen molar-refractivity contribution in [3.05, 3.63) is 47.5 Å². The van der Waals surface area contributed by atoms with E-state index in [9.17, 15) is 4.79 Å². The molecule has 0 amide bonds. The minimum Gasteiger partial charge on any atom is -0.298 e. The van der Waals surface area contributed by atoms with Crippen molar-refractivity contribution in [3.63, 3.8) is 0 Å². The number of carbonyl (C=O) groups excluding carboxylic acids is 1. The molecule has 0 bridgehead atoms. The van der Waals surface area contributed by atoms with E-state index in [0.29, 0.717) is 0 Å². The van der Waals surface area contributed by atoms with Gasteiger partial charge in [-0.25, -0.2) is 0 Å². The molecule has 2 aromatic carbocycles. The summed E-state index contributed by atoms with van der Waals surface area (Å²) in [6.07, 6.45) is 15.8. The van der Waals surface area contributed by atoms with E-state index >= 15 is 0 Å². The minimum atomic E-state index is 0.803. The topological polar surface area (TPSA) is 17.1 Å². The van der Waals surface area contributed by atoms with Crippen LogP contribution in [0.3, 0.4) is 0 Å². The molecule has 0 aliphatic carbocycles. The van der Waals surface area contributed by atoms with Crippen LogP contribution in [0.25, 0.3) is 10.8 Å². The number of hydrogen-bond acceptors (Lipinski definition) is 1. The highest BCUT2D eigenvalue weighted by atomic mass is 16.1. The standard InChI is InChI=1S/C23H32O/c1-2-3-4-5-6-7-8-9-10-11-13-20-16-17-21-14-12-15-22(19-24)23(21)18-20/h12,14-19H,2-11,13H2,1H3. The van der Waals surface area contributed by atoms with E-state index in [1.165, 1.54) is 69.8 Å². The number of rotatable bonds is 12. The van der Waals surface area contributed by atoms with Gasteiger partial charge >= 0.3 is 0 Å². The maximum absolute atomic E-state index is 11.2. The molecule has 0 heterocycles. The van der Waals surface area contributed by atoms with Crippen molar-refractivity contribution >= 4 is 17.1 Å². The number of aldehydes is 1. The quantitative estimate of drug-likeness (QED) is 0.300. The van der Waals surface area contributed by atoms with Gasteiger partial charge in [-0.15, -0.1) is 0 Å². The summed E-state index contributed by atoms with van der Waals surface area (Å²) < 4.78 is 0. The molecule has 0 N–H and O–H groups in total. The summed E-state index contributed by atoms with van der Waals surface area (Å²) in [7, 11) is 0. The Balaban J connectivity index is 1.66. The maximum atomic E-state index is 11.2. The average molecular weight is 325 g/mol. The van der Waals surface area contributed by atoms with E-state index in [0.717, 1.165) is 29.0 Å². The molecule has 0 aliphatic rings. The first-order valence-electron chi connectivity index (χ1n) is 9.82.